The van der Waals surface area contributed by atoms with Crippen molar-refractivity contribution in [1.82, 2.24) is 14.6 Å². The average molecular weight is 375 g/mol. The number of hydrogen-bond donors (Lipinski definition) is 1. The Hall–Kier alpha value is -2.25. The topological polar surface area (TPSA) is 79.4 Å². The summed E-state index contributed by atoms with van der Waals surface area (Å²) in [4.78, 5) is 16.1. The molecule has 1 heterocycles. The van der Waals surface area contributed by atoms with Crippen molar-refractivity contribution in [2.75, 3.05) is 19.3 Å². The Morgan fingerprint density at radius 3 is 2.46 bits per heavy atom. The molecule has 0 spiro atoms. The SMILES string of the molecule is CS(=O)(=O)N(CCCc1ccccc1)CCC(=O)NCc1ccccn1. The van der Waals surface area contributed by atoms with Gasteiger partial charge < -0.3 is 5.32 Å². The van der Waals surface area contributed by atoms with Crippen LogP contribution < -0.4 is 5.32 Å². The van der Waals surface area contributed by atoms with Gasteiger partial charge in [0.1, 0.15) is 0 Å². The summed E-state index contributed by atoms with van der Waals surface area (Å²) in [5.41, 5.74) is 1.94. The maximum Gasteiger partial charge on any atom is 0.221 e. The number of benzene rings is 1. The molecule has 6 nitrogen and oxygen atoms in total. The molecule has 1 N–H and O–H groups in total. The summed E-state index contributed by atoms with van der Waals surface area (Å²) < 4.78 is 25.3. The Morgan fingerprint density at radius 1 is 1.08 bits per heavy atom. The van der Waals surface area contributed by atoms with Gasteiger partial charge >= 0.3 is 0 Å². The highest BCUT2D eigenvalue weighted by Crippen LogP contribution is 2.07. The molecule has 1 aromatic carbocycles. The van der Waals surface area contributed by atoms with Gasteiger partial charge in [0.25, 0.3) is 0 Å². The van der Waals surface area contributed by atoms with E-state index in [4.69, 9.17) is 0 Å². The second kappa shape index (κ2) is 10.0. The van der Waals surface area contributed by atoms with Crippen LogP contribution in [0.2, 0.25) is 0 Å². The van der Waals surface area contributed by atoms with E-state index in [0.29, 0.717) is 19.5 Å². The number of aromatic nitrogens is 1. The molecule has 0 fully saturated rings. The van der Waals surface area contributed by atoms with Gasteiger partial charge in [-0.1, -0.05) is 36.4 Å². The van der Waals surface area contributed by atoms with Crippen molar-refractivity contribution in [1.29, 1.82) is 0 Å². The van der Waals surface area contributed by atoms with Crippen molar-refractivity contribution in [2.24, 2.45) is 0 Å². The summed E-state index contributed by atoms with van der Waals surface area (Å²) in [6.07, 6.45) is 4.50. The first kappa shape index (κ1) is 20.1. The summed E-state index contributed by atoms with van der Waals surface area (Å²) in [6, 6.07) is 15.4. The highest BCUT2D eigenvalue weighted by molar-refractivity contribution is 7.88. The molecular formula is C19H25N3O3S. The molecule has 0 aliphatic carbocycles. The lowest BCUT2D eigenvalue weighted by Gasteiger charge is -2.19. The smallest absolute Gasteiger partial charge is 0.221 e. The van der Waals surface area contributed by atoms with E-state index in [1.165, 1.54) is 16.1 Å². The Bertz CT molecular complexity index is 780. The molecule has 0 saturated heterocycles. The average Bonchev–Trinajstić information content (AvgIpc) is 2.63. The molecule has 0 atom stereocenters. The quantitative estimate of drug-likeness (QED) is 0.689. The maximum atomic E-state index is 12.0. The third-order valence-electron chi connectivity index (χ3n) is 3.97. The maximum absolute atomic E-state index is 12.0. The fourth-order valence-electron chi connectivity index (χ4n) is 2.55. The summed E-state index contributed by atoms with van der Waals surface area (Å²) in [6.45, 7) is 0.926. The van der Waals surface area contributed by atoms with Gasteiger partial charge in [-0.3, -0.25) is 9.78 Å². The van der Waals surface area contributed by atoms with Crippen molar-refractivity contribution in [3.05, 3.63) is 66.0 Å². The van der Waals surface area contributed by atoms with Gasteiger partial charge in [0, 0.05) is 25.7 Å². The fraction of sp³-hybridized carbons (Fsp3) is 0.368. The van der Waals surface area contributed by atoms with Crippen molar-refractivity contribution in [3.8, 4) is 0 Å². The third kappa shape index (κ3) is 7.33. The van der Waals surface area contributed by atoms with Gasteiger partial charge in [0.15, 0.2) is 0 Å². The summed E-state index contributed by atoms with van der Waals surface area (Å²) >= 11 is 0. The lowest BCUT2D eigenvalue weighted by molar-refractivity contribution is -0.121. The van der Waals surface area contributed by atoms with E-state index in [-0.39, 0.29) is 18.9 Å². The number of hydrogen-bond acceptors (Lipinski definition) is 4. The zero-order chi connectivity index (χ0) is 18.8. The Morgan fingerprint density at radius 2 is 1.81 bits per heavy atom. The minimum atomic E-state index is -3.34. The highest BCUT2D eigenvalue weighted by Gasteiger charge is 2.17. The summed E-state index contributed by atoms with van der Waals surface area (Å²) in [7, 11) is -3.34. The monoisotopic (exact) mass is 375 g/mol. The minimum Gasteiger partial charge on any atom is -0.350 e. The number of carbonyl (C=O) groups excluding carboxylic acids is 1. The van der Waals surface area contributed by atoms with Gasteiger partial charge in [-0.2, -0.15) is 0 Å². The van der Waals surface area contributed by atoms with Crippen molar-refractivity contribution < 1.29 is 13.2 Å². The van der Waals surface area contributed by atoms with Crippen LogP contribution in [0.5, 0.6) is 0 Å². The molecule has 0 unspecified atom stereocenters. The van der Waals surface area contributed by atoms with Crippen molar-refractivity contribution >= 4 is 15.9 Å². The largest absolute Gasteiger partial charge is 0.350 e. The van der Waals surface area contributed by atoms with Gasteiger partial charge in [-0.25, -0.2) is 12.7 Å². The number of aryl methyl sites for hydroxylation is 1. The van der Waals surface area contributed by atoms with E-state index >= 15 is 0 Å². The number of rotatable bonds is 10. The summed E-state index contributed by atoms with van der Waals surface area (Å²) in [5.74, 6) is -0.188. The van der Waals surface area contributed by atoms with Crippen molar-refractivity contribution in [3.63, 3.8) is 0 Å². The van der Waals surface area contributed by atoms with E-state index in [9.17, 15) is 13.2 Å². The Kier molecular flexibility index (Phi) is 7.74. The van der Waals surface area contributed by atoms with Crippen LogP contribution in [-0.2, 0) is 27.8 Å². The number of pyridine rings is 1. The number of sulfonamides is 1. The van der Waals surface area contributed by atoms with E-state index in [2.05, 4.69) is 10.3 Å². The molecular weight excluding hydrogens is 350 g/mol. The van der Waals surface area contributed by atoms with Crippen LogP contribution in [0.4, 0.5) is 0 Å². The molecule has 0 saturated carbocycles. The van der Waals surface area contributed by atoms with Crippen molar-refractivity contribution in [2.45, 2.75) is 25.8 Å². The van der Waals surface area contributed by atoms with Crippen LogP contribution in [0.1, 0.15) is 24.1 Å². The molecule has 0 aliphatic heterocycles. The van der Waals surface area contributed by atoms with E-state index < -0.39 is 10.0 Å². The molecule has 2 aromatic rings. The van der Waals surface area contributed by atoms with Crippen LogP contribution in [0.3, 0.4) is 0 Å². The molecule has 140 valence electrons. The third-order valence-corrected chi connectivity index (χ3v) is 5.27. The van der Waals surface area contributed by atoms with Gasteiger partial charge in [0.05, 0.1) is 18.5 Å². The number of nitrogens with one attached hydrogen (secondary N) is 1. The Balaban J connectivity index is 1.77. The molecule has 1 aromatic heterocycles. The number of nitrogens with zero attached hydrogens (tertiary/aromatic N) is 2. The normalized spacial score (nSPS) is 11.5. The van der Waals surface area contributed by atoms with Gasteiger partial charge in [-0.15, -0.1) is 0 Å². The first-order chi connectivity index (χ1) is 12.4. The van der Waals surface area contributed by atoms with Crippen LogP contribution in [0.15, 0.2) is 54.7 Å². The van der Waals surface area contributed by atoms with Crippen LogP contribution in [-0.4, -0.2) is 43.0 Å². The first-order valence-electron chi connectivity index (χ1n) is 8.61. The molecule has 0 radical (unpaired) electrons. The van der Waals surface area contributed by atoms with Gasteiger partial charge in [-0.05, 0) is 30.5 Å². The minimum absolute atomic E-state index is 0.130. The zero-order valence-corrected chi connectivity index (χ0v) is 15.8. The fourth-order valence-corrected chi connectivity index (χ4v) is 3.44. The first-order valence-corrected chi connectivity index (χ1v) is 10.5. The zero-order valence-electron chi connectivity index (χ0n) is 15.0. The van der Waals surface area contributed by atoms with Crippen LogP contribution in [0.25, 0.3) is 0 Å². The predicted molar refractivity (Wildman–Crippen MR) is 102 cm³/mol. The molecule has 7 heteroatoms. The van der Waals surface area contributed by atoms with E-state index in [1.807, 2.05) is 48.5 Å². The van der Waals surface area contributed by atoms with Gasteiger partial charge in [0.2, 0.25) is 15.9 Å². The number of carbonyl (C=O) groups is 1. The molecule has 0 bridgehead atoms. The molecule has 0 aliphatic rings. The molecule has 2 rings (SSSR count). The lowest BCUT2D eigenvalue weighted by Crippen LogP contribution is -2.35. The highest BCUT2D eigenvalue weighted by atomic mass is 32.2. The summed E-state index contributed by atoms with van der Waals surface area (Å²) in [5, 5.41) is 2.76. The Labute approximate surface area is 155 Å². The lowest BCUT2D eigenvalue weighted by atomic mass is 10.1. The standard InChI is InChI=1S/C19H25N3O3S/c1-26(24,25)22(14-7-10-17-8-3-2-4-9-17)15-12-19(23)21-16-18-11-5-6-13-20-18/h2-6,8-9,11,13H,7,10,12,14-16H2,1H3,(H,21,23). The second-order valence-electron chi connectivity index (χ2n) is 6.10. The molecule has 1 amide bonds. The van der Waals surface area contributed by atoms with Crippen LogP contribution in [0, 0.1) is 0 Å². The predicted octanol–water partition coefficient (Wildman–Crippen LogP) is 1.98. The molecule has 26 heavy (non-hydrogen) atoms. The van der Waals surface area contributed by atoms with E-state index in [0.717, 1.165) is 12.1 Å². The van der Waals surface area contributed by atoms with Crippen LogP contribution >= 0.6 is 0 Å². The van der Waals surface area contributed by atoms with E-state index in [1.54, 1.807) is 6.20 Å². The number of amides is 1. The second-order valence-corrected chi connectivity index (χ2v) is 8.08.